The first kappa shape index (κ1) is 17.9. The number of nitrogens with two attached hydrogens (primary N) is 1. The summed E-state index contributed by atoms with van der Waals surface area (Å²) in [5.74, 6) is 1.36. The van der Waals surface area contributed by atoms with Crippen molar-refractivity contribution in [1.82, 2.24) is 0 Å². The van der Waals surface area contributed by atoms with E-state index in [9.17, 15) is 4.79 Å². The number of carbonyl (C=O) groups excluding carboxylic acids is 1. The van der Waals surface area contributed by atoms with Gasteiger partial charge in [-0.25, -0.2) is 0 Å². The molecule has 128 valence electrons. The topological polar surface area (TPSA) is 64.3 Å². The second-order valence-corrected chi connectivity index (χ2v) is 6.31. The predicted octanol–water partition coefficient (Wildman–Crippen LogP) is 4.27. The lowest BCUT2D eigenvalue weighted by Gasteiger charge is -2.10. The highest BCUT2D eigenvalue weighted by Gasteiger charge is 2.06. The van der Waals surface area contributed by atoms with Crippen molar-refractivity contribution in [3.05, 3.63) is 54.1 Å². The number of rotatable bonds is 8. The van der Waals surface area contributed by atoms with Crippen LogP contribution in [0.25, 0.3) is 0 Å². The predicted molar refractivity (Wildman–Crippen MR) is 99.2 cm³/mol. The molecular formula is C20H26N2O2. The van der Waals surface area contributed by atoms with Crippen LogP contribution in [0.15, 0.2) is 48.5 Å². The third kappa shape index (κ3) is 5.95. The number of para-hydroxylation sites is 1. The average molecular weight is 326 g/mol. The number of hydrogen-bond donors (Lipinski definition) is 2. The second-order valence-electron chi connectivity index (χ2n) is 6.31. The van der Waals surface area contributed by atoms with E-state index in [1.165, 1.54) is 0 Å². The molecule has 4 heteroatoms. The fourth-order valence-corrected chi connectivity index (χ4v) is 2.31. The number of aryl methyl sites for hydroxylation is 1. The normalized spacial score (nSPS) is 10.6. The second kappa shape index (κ2) is 8.96. The molecule has 0 fully saturated rings. The molecule has 0 saturated heterocycles. The van der Waals surface area contributed by atoms with E-state index >= 15 is 0 Å². The van der Waals surface area contributed by atoms with E-state index in [-0.39, 0.29) is 5.91 Å². The lowest BCUT2D eigenvalue weighted by Crippen LogP contribution is -2.13. The van der Waals surface area contributed by atoms with Crippen molar-refractivity contribution in [2.75, 3.05) is 17.7 Å². The van der Waals surface area contributed by atoms with Gasteiger partial charge in [-0.2, -0.15) is 0 Å². The minimum Gasteiger partial charge on any atom is -0.494 e. The maximum absolute atomic E-state index is 12.1. The van der Waals surface area contributed by atoms with E-state index in [2.05, 4.69) is 19.2 Å². The van der Waals surface area contributed by atoms with Crippen LogP contribution < -0.4 is 15.8 Å². The molecule has 0 bridgehead atoms. The Morgan fingerprint density at radius 1 is 1.17 bits per heavy atom. The van der Waals surface area contributed by atoms with Crippen LogP contribution in [0.1, 0.15) is 32.3 Å². The van der Waals surface area contributed by atoms with Crippen molar-refractivity contribution in [2.45, 2.75) is 33.1 Å². The van der Waals surface area contributed by atoms with Gasteiger partial charge in [0.1, 0.15) is 5.75 Å². The van der Waals surface area contributed by atoms with Crippen LogP contribution in [0.3, 0.4) is 0 Å². The zero-order valence-corrected chi connectivity index (χ0v) is 14.4. The molecule has 1 amide bonds. The lowest BCUT2D eigenvalue weighted by atomic mass is 10.1. The first-order chi connectivity index (χ1) is 11.5. The summed E-state index contributed by atoms with van der Waals surface area (Å²) >= 11 is 0. The largest absolute Gasteiger partial charge is 0.494 e. The van der Waals surface area contributed by atoms with Crippen LogP contribution in [-0.4, -0.2) is 12.5 Å². The van der Waals surface area contributed by atoms with Crippen LogP contribution in [0, 0.1) is 5.92 Å². The van der Waals surface area contributed by atoms with Crippen LogP contribution in [-0.2, 0) is 11.2 Å². The molecule has 0 aromatic heterocycles. The van der Waals surface area contributed by atoms with Gasteiger partial charge >= 0.3 is 0 Å². The van der Waals surface area contributed by atoms with Gasteiger partial charge in [0.15, 0.2) is 0 Å². The molecule has 4 nitrogen and oxygen atoms in total. The van der Waals surface area contributed by atoms with Crippen LogP contribution in [0.2, 0.25) is 0 Å². The Bertz CT molecular complexity index is 668. The molecule has 0 spiro atoms. The van der Waals surface area contributed by atoms with E-state index in [1.807, 2.05) is 48.5 Å². The first-order valence-corrected chi connectivity index (χ1v) is 8.40. The molecule has 3 N–H and O–H groups in total. The third-order valence-electron chi connectivity index (χ3n) is 3.76. The van der Waals surface area contributed by atoms with Crippen molar-refractivity contribution in [2.24, 2.45) is 5.92 Å². The van der Waals surface area contributed by atoms with E-state index in [4.69, 9.17) is 10.5 Å². The number of ether oxygens (including phenoxy) is 1. The highest BCUT2D eigenvalue weighted by molar-refractivity contribution is 5.91. The molecule has 0 radical (unpaired) electrons. The number of anilines is 2. The van der Waals surface area contributed by atoms with Crippen LogP contribution in [0.4, 0.5) is 11.4 Å². The maximum atomic E-state index is 12.1. The minimum atomic E-state index is -0.0300. The number of amides is 1. The Kier molecular flexibility index (Phi) is 6.67. The zero-order valence-electron chi connectivity index (χ0n) is 14.4. The molecule has 0 unspecified atom stereocenters. The monoisotopic (exact) mass is 326 g/mol. The number of nitrogen functional groups attached to an aromatic ring is 1. The van der Waals surface area contributed by atoms with E-state index in [0.29, 0.717) is 25.4 Å². The molecule has 0 atom stereocenters. The SMILES string of the molecule is CC(C)CCOc1cccc(NC(=O)CCc2ccccc2N)c1. The third-order valence-corrected chi connectivity index (χ3v) is 3.76. The standard InChI is InChI=1S/C20H26N2O2/c1-15(2)12-13-24-18-8-5-7-17(14-18)22-20(23)11-10-16-6-3-4-9-19(16)21/h3-9,14-15H,10-13,21H2,1-2H3,(H,22,23). The average Bonchev–Trinajstić information content (AvgIpc) is 2.54. The minimum absolute atomic E-state index is 0.0300. The molecule has 0 aliphatic rings. The van der Waals surface area contributed by atoms with Gasteiger partial charge in [-0.15, -0.1) is 0 Å². The Labute approximate surface area is 144 Å². The van der Waals surface area contributed by atoms with Gasteiger partial charge in [-0.05, 0) is 42.5 Å². The molecule has 2 aromatic carbocycles. The highest BCUT2D eigenvalue weighted by Crippen LogP contribution is 2.19. The Morgan fingerprint density at radius 2 is 1.96 bits per heavy atom. The molecule has 0 aliphatic heterocycles. The van der Waals surface area contributed by atoms with Gasteiger partial charge in [-0.1, -0.05) is 38.1 Å². The summed E-state index contributed by atoms with van der Waals surface area (Å²) < 4.78 is 5.72. The smallest absolute Gasteiger partial charge is 0.224 e. The Hall–Kier alpha value is -2.49. The number of hydrogen-bond acceptors (Lipinski definition) is 3. The summed E-state index contributed by atoms with van der Waals surface area (Å²) in [6.07, 6.45) is 2.03. The number of nitrogens with one attached hydrogen (secondary N) is 1. The molecule has 2 aromatic rings. The van der Waals surface area contributed by atoms with Gasteiger partial charge in [0.25, 0.3) is 0 Å². The Morgan fingerprint density at radius 3 is 2.71 bits per heavy atom. The van der Waals surface area contributed by atoms with Crippen molar-refractivity contribution in [1.29, 1.82) is 0 Å². The fraction of sp³-hybridized carbons (Fsp3) is 0.350. The van der Waals surface area contributed by atoms with Crippen LogP contribution >= 0.6 is 0 Å². The van der Waals surface area contributed by atoms with Crippen molar-refractivity contribution < 1.29 is 9.53 Å². The lowest BCUT2D eigenvalue weighted by molar-refractivity contribution is -0.116. The number of carbonyl (C=O) groups is 1. The summed E-state index contributed by atoms with van der Waals surface area (Å²) in [5, 5.41) is 2.91. The van der Waals surface area contributed by atoms with E-state index in [1.54, 1.807) is 0 Å². The van der Waals surface area contributed by atoms with E-state index < -0.39 is 0 Å². The fourth-order valence-electron chi connectivity index (χ4n) is 2.31. The Balaban J connectivity index is 1.84. The van der Waals surface area contributed by atoms with Gasteiger partial charge in [0.2, 0.25) is 5.91 Å². The van der Waals surface area contributed by atoms with Crippen molar-refractivity contribution >= 4 is 17.3 Å². The van der Waals surface area contributed by atoms with Gasteiger partial charge < -0.3 is 15.8 Å². The molecule has 0 saturated carbocycles. The van der Waals surface area contributed by atoms with Gasteiger partial charge in [-0.3, -0.25) is 4.79 Å². The molecule has 0 aliphatic carbocycles. The van der Waals surface area contributed by atoms with Gasteiger partial charge in [0.05, 0.1) is 6.61 Å². The number of benzene rings is 2. The maximum Gasteiger partial charge on any atom is 0.224 e. The quantitative estimate of drug-likeness (QED) is 0.712. The molecule has 2 rings (SSSR count). The zero-order chi connectivity index (χ0) is 17.4. The van der Waals surface area contributed by atoms with Crippen molar-refractivity contribution in [3.63, 3.8) is 0 Å². The molecule has 24 heavy (non-hydrogen) atoms. The van der Waals surface area contributed by atoms with Crippen LogP contribution in [0.5, 0.6) is 5.75 Å². The van der Waals surface area contributed by atoms with Gasteiger partial charge in [0, 0.05) is 23.9 Å². The molecule has 0 heterocycles. The summed E-state index contributed by atoms with van der Waals surface area (Å²) in [6, 6.07) is 15.1. The first-order valence-electron chi connectivity index (χ1n) is 8.40. The highest BCUT2D eigenvalue weighted by atomic mass is 16.5. The molecular weight excluding hydrogens is 300 g/mol. The van der Waals surface area contributed by atoms with Crippen molar-refractivity contribution in [3.8, 4) is 5.75 Å². The summed E-state index contributed by atoms with van der Waals surface area (Å²) in [4.78, 5) is 12.1. The summed E-state index contributed by atoms with van der Waals surface area (Å²) in [7, 11) is 0. The summed E-state index contributed by atoms with van der Waals surface area (Å²) in [5.41, 5.74) is 8.38. The van der Waals surface area contributed by atoms with E-state index in [0.717, 1.165) is 29.1 Å². The summed E-state index contributed by atoms with van der Waals surface area (Å²) in [6.45, 7) is 5.02.